The summed E-state index contributed by atoms with van der Waals surface area (Å²) in [5.74, 6) is 0.575. The van der Waals surface area contributed by atoms with E-state index in [1.165, 1.54) is 7.11 Å². The van der Waals surface area contributed by atoms with Crippen LogP contribution in [0.1, 0.15) is 42.3 Å². The lowest BCUT2D eigenvalue weighted by Crippen LogP contribution is -2.44. The van der Waals surface area contributed by atoms with Crippen LogP contribution >= 0.6 is 0 Å². The number of carbonyl (C=O) groups excluding carboxylic acids is 1. The zero-order valence-corrected chi connectivity index (χ0v) is 14.9. The Hall–Kier alpha value is -1.29. The highest BCUT2D eigenvalue weighted by Gasteiger charge is 2.39. The van der Waals surface area contributed by atoms with E-state index in [2.05, 4.69) is 33.9 Å². The van der Waals surface area contributed by atoms with E-state index in [1.807, 2.05) is 19.9 Å². The molecule has 0 amide bonds. The molecule has 0 N–H and O–H groups in total. The second kappa shape index (κ2) is 5.60. The molecule has 1 aromatic rings. The van der Waals surface area contributed by atoms with Gasteiger partial charge in [-0.15, -0.1) is 0 Å². The van der Waals surface area contributed by atoms with Crippen LogP contribution < -0.4 is 4.43 Å². The van der Waals surface area contributed by atoms with E-state index in [9.17, 15) is 4.79 Å². The number of rotatable bonds is 3. The largest absolute Gasteiger partial charge is 0.543 e. The molecule has 0 saturated carbocycles. The highest BCUT2D eigenvalue weighted by atomic mass is 28.4. The van der Waals surface area contributed by atoms with Gasteiger partial charge in [0.25, 0.3) is 0 Å². The molecule has 0 saturated heterocycles. The molecule has 0 radical (unpaired) electrons. The molecule has 112 valence electrons. The average Bonchev–Trinajstić information content (AvgIpc) is 2.33. The molecule has 4 heteroatoms. The first-order chi connectivity index (χ1) is 9.01. The highest BCUT2D eigenvalue weighted by molar-refractivity contribution is 6.74. The van der Waals surface area contributed by atoms with E-state index in [-0.39, 0.29) is 11.0 Å². The van der Waals surface area contributed by atoms with E-state index in [1.54, 1.807) is 6.07 Å². The van der Waals surface area contributed by atoms with E-state index < -0.39 is 8.32 Å². The molecule has 0 fully saturated rings. The molecule has 0 spiro atoms. The summed E-state index contributed by atoms with van der Waals surface area (Å²) in [6, 6.07) is 3.67. The summed E-state index contributed by atoms with van der Waals surface area (Å²) in [6.45, 7) is 15.0. The Morgan fingerprint density at radius 1 is 1.10 bits per heavy atom. The van der Waals surface area contributed by atoms with E-state index in [0.717, 1.165) is 16.9 Å². The standard InChI is InChI=1S/C16H26O3Si/c1-11-12(2)14(10-9-13(11)15(17)18-6)19-20(7,8)16(3,4)5/h9-10H,1-8H3. The SMILES string of the molecule is COC(=O)c1ccc(O[Si](C)(C)C(C)(C)C)c(C)c1C. The van der Waals surface area contributed by atoms with Crippen LogP contribution in [0.25, 0.3) is 0 Å². The van der Waals surface area contributed by atoms with Crippen molar-refractivity contribution in [3.05, 3.63) is 28.8 Å². The predicted octanol–water partition coefficient (Wildman–Crippen LogP) is 4.47. The third-order valence-corrected chi connectivity index (χ3v) is 8.66. The van der Waals surface area contributed by atoms with E-state index in [0.29, 0.717) is 5.56 Å². The second-order valence-electron chi connectivity index (χ2n) is 6.72. The van der Waals surface area contributed by atoms with Crippen molar-refractivity contribution in [2.24, 2.45) is 0 Å². The van der Waals surface area contributed by atoms with Crippen LogP contribution in [0.2, 0.25) is 18.1 Å². The smallest absolute Gasteiger partial charge is 0.338 e. The van der Waals surface area contributed by atoms with Gasteiger partial charge in [0, 0.05) is 0 Å². The van der Waals surface area contributed by atoms with Crippen molar-refractivity contribution in [1.82, 2.24) is 0 Å². The Kier molecular flexibility index (Phi) is 4.69. The summed E-state index contributed by atoms with van der Waals surface area (Å²) in [6.07, 6.45) is 0. The lowest BCUT2D eigenvalue weighted by Gasteiger charge is -2.37. The molecule has 20 heavy (non-hydrogen) atoms. The Balaban J connectivity index is 3.18. The molecule has 3 nitrogen and oxygen atoms in total. The molecule has 0 bridgehead atoms. The quantitative estimate of drug-likeness (QED) is 0.609. The topological polar surface area (TPSA) is 35.5 Å². The van der Waals surface area contributed by atoms with Crippen LogP contribution in [-0.4, -0.2) is 21.4 Å². The zero-order chi connectivity index (χ0) is 15.7. The van der Waals surface area contributed by atoms with Crippen LogP contribution in [-0.2, 0) is 4.74 Å². The number of esters is 1. The minimum Gasteiger partial charge on any atom is -0.543 e. The number of carbonyl (C=O) groups is 1. The summed E-state index contributed by atoms with van der Waals surface area (Å²) in [7, 11) is -0.469. The van der Waals surface area contributed by atoms with E-state index >= 15 is 0 Å². The van der Waals surface area contributed by atoms with Gasteiger partial charge in [-0.2, -0.15) is 0 Å². The van der Waals surface area contributed by atoms with Crippen LogP contribution in [0.15, 0.2) is 12.1 Å². The first-order valence-corrected chi connectivity index (χ1v) is 9.79. The van der Waals surface area contributed by atoms with Crippen LogP contribution in [0.3, 0.4) is 0 Å². The molecule has 0 aliphatic carbocycles. The molecule has 0 atom stereocenters. The summed E-state index contributed by atoms with van der Waals surface area (Å²) < 4.78 is 11.1. The first kappa shape index (κ1) is 16.8. The molecule has 0 heterocycles. The molecule has 0 aliphatic heterocycles. The van der Waals surface area contributed by atoms with Gasteiger partial charge in [-0.25, -0.2) is 4.79 Å². The summed E-state index contributed by atoms with van der Waals surface area (Å²) in [5, 5.41) is 0.147. The molecular formula is C16H26O3Si. The fourth-order valence-corrected chi connectivity index (χ4v) is 2.74. The van der Waals surface area contributed by atoms with Crippen molar-refractivity contribution in [1.29, 1.82) is 0 Å². The van der Waals surface area contributed by atoms with Crippen molar-refractivity contribution in [3.63, 3.8) is 0 Å². The number of ether oxygens (including phenoxy) is 1. The lowest BCUT2D eigenvalue weighted by atomic mass is 10.0. The van der Waals surface area contributed by atoms with Gasteiger partial charge in [0.2, 0.25) is 8.32 Å². The normalized spacial score (nSPS) is 12.2. The molecule has 0 aromatic heterocycles. The van der Waals surface area contributed by atoms with Gasteiger partial charge in [0.05, 0.1) is 12.7 Å². The maximum absolute atomic E-state index is 11.7. The second-order valence-corrected chi connectivity index (χ2v) is 11.4. The summed E-state index contributed by atoms with van der Waals surface area (Å²) in [4.78, 5) is 11.7. The summed E-state index contributed by atoms with van der Waals surface area (Å²) in [5.41, 5.74) is 2.54. The van der Waals surface area contributed by atoms with Gasteiger partial charge in [-0.3, -0.25) is 0 Å². The fraction of sp³-hybridized carbons (Fsp3) is 0.562. The van der Waals surface area contributed by atoms with Gasteiger partial charge in [0.15, 0.2) is 0 Å². The number of hydrogen-bond donors (Lipinski definition) is 0. The zero-order valence-electron chi connectivity index (χ0n) is 13.9. The van der Waals surface area contributed by atoms with Gasteiger partial charge in [0.1, 0.15) is 5.75 Å². The van der Waals surface area contributed by atoms with Crippen molar-refractivity contribution in [2.45, 2.75) is 52.8 Å². The van der Waals surface area contributed by atoms with Crippen molar-refractivity contribution < 1.29 is 14.0 Å². The molecule has 0 unspecified atom stereocenters. The molecular weight excluding hydrogens is 268 g/mol. The predicted molar refractivity (Wildman–Crippen MR) is 85.1 cm³/mol. The first-order valence-electron chi connectivity index (χ1n) is 6.89. The monoisotopic (exact) mass is 294 g/mol. The van der Waals surface area contributed by atoms with Crippen molar-refractivity contribution in [2.75, 3.05) is 7.11 Å². The third-order valence-electron chi connectivity index (χ3n) is 4.31. The van der Waals surface area contributed by atoms with Crippen LogP contribution in [0, 0.1) is 13.8 Å². The van der Waals surface area contributed by atoms with Gasteiger partial charge in [-0.05, 0) is 55.2 Å². The number of benzene rings is 1. The lowest BCUT2D eigenvalue weighted by molar-refractivity contribution is 0.0600. The molecule has 0 aliphatic rings. The minimum absolute atomic E-state index is 0.147. The Labute approximate surface area is 123 Å². The molecule has 1 aromatic carbocycles. The maximum Gasteiger partial charge on any atom is 0.338 e. The maximum atomic E-state index is 11.7. The Morgan fingerprint density at radius 3 is 2.10 bits per heavy atom. The van der Waals surface area contributed by atoms with Crippen molar-refractivity contribution >= 4 is 14.3 Å². The third kappa shape index (κ3) is 3.23. The van der Waals surface area contributed by atoms with E-state index in [4.69, 9.17) is 9.16 Å². The highest BCUT2D eigenvalue weighted by Crippen LogP contribution is 2.38. The Bertz CT molecular complexity index is 513. The number of hydrogen-bond acceptors (Lipinski definition) is 3. The number of methoxy groups -OCH3 is 1. The average molecular weight is 294 g/mol. The summed E-state index contributed by atoms with van der Waals surface area (Å²) >= 11 is 0. The van der Waals surface area contributed by atoms with Gasteiger partial charge < -0.3 is 9.16 Å². The van der Waals surface area contributed by atoms with Crippen LogP contribution in [0.4, 0.5) is 0 Å². The Morgan fingerprint density at radius 2 is 1.65 bits per heavy atom. The van der Waals surface area contributed by atoms with Gasteiger partial charge in [-0.1, -0.05) is 20.8 Å². The van der Waals surface area contributed by atoms with Crippen LogP contribution in [0.5, 0.6) is 5.75 Å². The van der Waals surface area contributed by atoms with Gasteiger partial charge >= 0.3 is 5.97 Å². The minimum atomic E-state index is -1.87. The van der Waals surface area contributed by atoms with Crippen molar-refractivity contribution in [3.8, 4) is 5.75 Å². The molecule has 1 rings (SSSR count). The fourth-order valence-electron chi connectivity index (χ4n) is 1.67.